The molecule has 2 rings (SSSR count). The first-order chi connectivity index (χ1) is 9.90. The summed E-state index contributed by atoms with van der Waals surface area (Å²) in [6.45, 7) is 12.5. The van der Waals surface area contributed by atoms with Crippen molar-refractivity contribution in [3.05, 3.63) is 34.9 Å². The van der Waals surface area contributed by atoms with Gasteiger partial charge in [-0.15, -0.1) is 0 Å². The standard InChI is InChI=1S/C16H21NO2.C2H6/c1-10(2)9-17-15(8-12(4)18)13-6-5-11(3)7-14(13)16(17)19;1-2/h5-7,10,15H,8-9H2,1-4H3;1-2H3. The third-order valence-corrected chi connectivity index (χ3v) is 3.48. The van der Waals surface area contributed by atoms with Gasteiger partial charge >= 0.3 is 0 Å². The van der Waals surface area contributed by atoms with E-state index >= 15 is 0 Å². The zero-order valence-corrected chi connectivity index (χ0v) is 14.1. The molecule has 0 N–H and O–H groups in total. The van der Waals surface area contributed by atoms with E-state index in [-0.39, 0.29) is 17.7 Å². The SMILES string of the molecule is CC.CC(=O)CC1c2ccc(C)cc2C(=O)N1CC(C)C. The van der Waals surface area contributed by atoms with Gasteiger partial charge in [0, 0.05) is 18.5 Å². The molecule has 1 aromatic rings. The fourth-order valence-electron chi connectivity index (χ4n) is 2.71. The number of nitrogens with zero attached hydrogens (tertiary/aromatic N) is 1. The zero-order valence-electron chi connectivity index (χ0n) is 14.1. The van der Waals surface area contributed by atoms with Crippen LogP contribution in [-0.4, -0.2) is 23.1 Å². The van der Waals surface area contributed by atoms with Crippen LogP contribution in [0.2, 0.25) is 0 Å². The minimum absolute atomic E-state index is 0.0682. The summed E-state index contributed by atoms with van der Waals surface area (Å²) < 4.78 is 0. The number of amides is 1. The summed E-state index contributed by atoms with van der Waals surface area (Å²) in [5, 5.41) is 0. The third-order valence-electron chi connectivity index (χ3n) is 3.48. The molecule has 1 amide bonds. The van der Waals surface area contributed by atoms with E-state index in [1.54, 1.807) is 6.92 Å². The summed E-state index contributed by atoms with van der Waals surface area (Å²) in [5.41, 5.74) is 2.86. The molecule has 1 heterocycles. The van der Waals surface area contributed by atoms with E-state index in [4.69, 9.17) is 0 Å². The minimum atomic E-state index is -0.0806. The highest BCUT2D eigenvalue weighted by Gasteiger charge is 2.37. The number of ketones is 1. The lowest BCUT2D eigenvalue weighted by molar-refractivity contribution is -0.118. The van der Waals surface area contributed by atoms with Crippen molar-refractivity contribution in [3.8, 4) is 0 Å². The number of fused-ring (bicyclic) bond motifs is 1. The quantitative estimate of drug-likeness (QED) is 0.835. The van der Waals surface area contributed by atoms with Gasteiger partial charge < -0.3 is 4.90 Å². The fraction of sp³-hybridized carbons (Fsp3) is 0.556. The van der Waals surface area contributed by atoms with Crippen LogP contribution < -0.4 is 0 Å². The van der Waals surface area contributed by atoms with Crippen LogP contribution in [0.4, 0.5) is 0 Å². The number of carbonyl (C=O) groups is 2. The second kappa shape index (κ2) is 7.39. The van der Waals surface area contributed by atoms with Crippen LogP contribution in [0.5, 0.6) is 0 Å². The monoisotopic (exact) mass is 289 g/mol. The van der Waals surface area contributed by atoms with Crippen molar-refractivity contribution < 1.29 is 9.59 Å². The smallest absolute Gasteiger partial charge is 0.254 e. The van der Waals surface area contributed by atoms with Gasteiger partial charge in [0.1, 0.15) is 5.78 Å². The molecule has 3 nitrogen and oxygen atoms in total. The Hall–Kier alpha value is -1.64. The number of benzene rings is 1. The van der Waals surface area contributed by atoms with E-state index in [1.165, 1.54) is 0 Å². The molecule has 0 aromatic heterocycles. The second-order valence-corrected chi connectivity index (χ2v) is 5.86. The van der Waals surface area contributed by atoms with Gasteiger partial charge in [0.2, 0.25) is 0 Å². The van der Waals surface area contributed by atoms with Crippen LogP contribution in [-0.2, 0) is 4.79 Å². The van der Waals surface area contributed by atoms with Crippen LogP contribution in [0.15, 0.2) is 18.2 Å². The largest absolute Gasteiger partial charge is 0.331 e. The topological polar surface area (TPSA) is 37.4 Å². The lowest BCUT2D eigenvalue weighted by Gasteiger charge is -2.26. The summed E-state index contributed by atoms with van der Waals surface area (Å²) in [5.74, 6) is 0.590. The Bertz CT molecular complexity index is 520. The average Bonchev–Trinajstić information content (AvgIpc) is 2.65. The maximum absolute atomic E-state index is 12.5. The Morgan fingerprint density at radius 2 is 1.90 bits per heavy atom. The molecule has 21 heavy (non-hydrogen) atoms. The van der Waals surface area contributed by atoms with E-state index in [9.17, 15) is 9.59 Å². The lowest BCUT2D eigenvalue weighted by atomic mass is 9.99. The molecule has 0 saturated carbocycles. The molecule has 1 atom stereocenters. The molecule has 0 aliphatic carbocycles. The minimum Gasteiger partial charge on any atom is -0.331 e. The van der Waals surface area contributed by atoms with Crippen LogP contribution in [0.1, 0.15) is 68.6 Å². The number of hydrogen-bond donors (Lipinski definition) is 0. The Balaban J connectivity index is 0.00000106. The van der Waals surface area contributed by atoms with Crippen molar-refractivity contribution in [1.82, 2.24) is 4.90 Å². The predicted octanol–water partition coefficient (Wildman–Crippen LogP) is 4.15. The number of hydrogen-bond acceptors (Lipinski definition) is 2. The Morgan fingerprint density at radius 1 is 1.29 bits per heavy atom. The van der Waals surface area contributed by atoms with Crippen molar-refractivity contribution in [2.45, 2.75) is 54.0 Å². The molecule has 1 aliphatic heterocycles. The first kappa shape index (κ1) is 17.4. The third kappa shape index (κ3) is 3.93. The van der Waals surface area contributed by atoms with Crippen LogP contribution >= 0.6 is 0 Å². The molecular formula is C18H27NO2. The molecule has 1 aliphatic rings. The van der Waals surface area contributed by atoms with Gasteiger partial charge in [-0.05, 0) is 31.4 Å². The summed E-state index contributed by atoms with van der Waals surface area (Å²) in [6, 6.07) is 5.86. The summed E-state index contributed by atoms with van der Waals surface area (Å²) in [4.78, 5) is 25.8. The zero-order chi connectivity index (χ0) is 16.2. The van der Waals surface area contributed by atoms with Gasteiger partial charge in [-0.1, -0.05) is 45.4 Å². The molecule has 0 saturated heterocycles. The van der Waals surface area contributed by atoms with Gasteiger partial charge in [0.05, 0.1) is 6.04 Å². The normalized spacial score (nSPS) is 16.6. The molecule has 0 radical (unpaired) electrons. The fourth-order valence-corrected chi connectivity index (χ4v) is 2.71. The predicted molar refractivity (Wildman–Crippen MR) is 86.4 cm³/mol. The summed E-state index contributed by atoms with van der Waals surface area (Å²) in [6.07, 6.45) is 0.411. The highest BCUT2D eigenvalue weighted by molar-refractivity contribution is 6.00. The number of carbonyl (C=O) groups excluding carboxylic acids is 2. The van der Waals surface area contributed by atoms with Gasteiger partial charge in [-0.25, -0.2) is 0 Å². The Labute approximate surface area is 128 Å². The van der Waals surface area contributed by atoms with E-state index in [0.29, 0.717) is 18.9 Å². The molecular weight excluding hydrogens is 262 g/mol. The molecule has 1 aromatic carbocycles. The van der Waals surface area contributed by atoms with Gasteiger partial charge in [0.25, 0.3) is 5.91 Å². The number of Topliss-reactive ketones (excluding diaryl/α,β-unsaturated/α-hetero) is 1. The number of rotatable bonds is 4. The van der Waals surface area contributed by atoms with Gasteiger partial charge in [0.15, 0.2) is 0 Å². The molecule has 0 bridgehead atoms. The maximum Gasteiger partial charge on any atom is 0.254 e. The Kier molecular flexibility index (Phi) is 6.13. The van der Waals surface area contributed by atoms with Crippen LogP contribution in [0.25, 0.3) is 0 Å². The molecule has 3 heteroatoms. The van der Waals surface area contributed by atoms with Crippen molar-refractivity contribution in [3.63, 3.8) is 0 Å². The van der Waals surface area contributed by atoms with E-state index in [2.05, 4.69) is 13.8 Å². The first-order valence-electron chi connectivity index (χ1n) is 7.81. The summed E-state index contributed by atoms with van der Waals surface area (Å²) in [7, 11) is 0. The van der Waals surface area contributed by atoms with Crippen molar-refractivity contribution in [1.29, 1.82) is 0 Å². The Morgan fingerprint density at radius 3 is 2.43 bits per heavy atom. The molecule has 116 valence electrons. The molecule has 0 fully saturated rings. The van der Waals surface area contributed by atoms with Gasteiger partial charge in [-0.3, -0.25) is 9.59 Å². The summed E-state index contributed by atoms with van der Waals surface area (Å²) >= 11 is 0. The van der Waals surface area contributed by atoms with E-state index < -0.39 is 0 Å². The van der Waals surface area contributed by atoms with Crippen molar-refractivity contribution >= 4 is 11.7 Å². The van der Waals surface area contributed by atoms with Crippen LogP contribution in [0, 0.1) is 12.8 Å². The average molecular weight is 289 g/mol. The first-order valence-corrected chi connectivity index (χ1v) is 7.81. The molecule has 0 spiro atoms. The van der Waals surface area contributed by atoms with Crippen molar-refractivity contribution in [2.24, 2.45) is 5.92 Å². The maximum atomic E-state index is 12.5. The van der Waals surface area contributed by atoms with Crippen molar-refractivity contribution in [2.75, 3.05) is 6.54 Å². The lowest BCUT2D eigenvalue weighted by Crippen LogP contribution is -2.32. The van der Waals surface area contributed by atoms with Crippen LogP contribution in [0.3, 0.4) is 0 Å². The number of aryl methyl sites for hydroxylation is 1. The second-order valence-electron chi connectivity index (χ2n) is 5.86. The highest BCUT2D eigenvalue weighted by Crippen LogP contribution is 2.36. The molecule has 1 unspecified atom stereocenters. The van der Waals surface area contributed by atoms with E-state index in [1.807, 2.05) is 43.9 Å². The highest BCUT2D eigenvalue weighted by atomic mass is 16.2. The van der Waals surface area contributed by atoms with E-state index in [0.717, 1.165) is 16.7 Å². The van der Waals surface area contributed by atoms with Gasteiger partial charge in [-0.2, -0.15) is 0 Å².